The molecule has 0 radical (unpaired) electrons. The average Bonchev–Trinajstić information content (AvgIpc) is 2.92. The normalized spacial score (nSPS) is 24.2. The third-order valence-electron chi connectivity index (χ3n) is 7.78. The van der Waals surface area contributed by atoms with E-state index in [4.69, 9.17) is 0 Å². The summed E-state index contributed by atoms with van der Waals surface area (Å²) in [6.45, 7) is 2.32. The van der Waals surface area contributed by atoms with Crippen LogP contribution in [0.15, 0.2) is 42.5 Å². The van der Waals surface area contributed by atoms with Gasteiger partial charge in [-0.1, -0.05) is 25.0 Å². The van der Waals surface area contributed by atoms with Gasteiger partial charge in [-0.05, 0) is 48.7 Å². The molecule has 3 aliphatic rings. The zero-order chi connectivity index (χ0) is 26.1. The first-order valence-electron chi connectivity index (χ1n) is 13.0. The van der Waals surface area contributed by atoms with Gasteiger partial charge in [0.15, 0.2) is 0 Å². The Labute approximate surface area is 216 Å². The van der Waals surface area contributed by atoms with E-state index >= 15 is 0 Å². The molecule has 37 heavy (non-hydrogen) atoms. The van der Waals surface area contributed by atoms with Gasteiger partial charge >= 0.3 is 0 Å². The Morgan fingerprint density at radius 3 is 2.32 bits per heavy atom. The number of benzene rings is 2. The first kappa shape index (κ1) is 25.4. The van der Waals surface area contributed by atoms with Crippen molar-refractivity contribution in [3.63, 3.8) is 0 Å². The molecule has 2 aromatic carbocycles. The van der Waals surface area contributed by atoms with E-state index in [1.54, 1.807) is 49.3 Å². The summed E-state index contributed by atoms with van der Waals surface area (Å²) >= 11 is 0. The van der Waals surface area contributed by atoms with E-state index in [-0.39, 0.29) is 36.0 Å². The summed E-state index contributed by atoms with van der Waals surface area (Å²) < 4.78 is 14.7. The molecule has 9 heteroatoms. The summed E-state index contributed by atoms with van der Waals surface area (Å²) in [5, 5.41) is 6.72. The molecule has 3 unspecified atom stereocenters. The average molecular weight is 508 g/mol. The van der Waals surface area contributed by atoms with Crippen LogP contribution < -0.4 is 10.6 Å². The van der Waals surface area contributed by atoms with Crippen LogP contribution in [0.1, 0.15) is 46.4 Å². The molecule has 3 atom stereocenters. The molecule has 2 aromatic rings. The van der Waals surface area contributed by atoms with E-state index in [1.165, 1.54) is 17.0 Å². The number of hydrogen-bond acceptors (Lipinski definition) is 5. The van der Waals surface area contributed by atoms with Crippen LogP contribution in [-0.2, 0) is 4.79 Å². The summed E-state index contributed by atoms with van der Waals surface area (Å²) in [7, 11) is 3.36. The highest BCUT2D eigenvalue weighted by Gasteiger charge is 2.40. The third kappa shape index (κ3) is 5.24. The van der Waals surface area contributed by atoms with Gasteiger partial charge in [0.25, 0.3) is 11.8 Å². The van der Waals surface area contributed by atoms with E-state index in [0.717, 1.165) is 25.7 Å². The van der Waals surface area contributed by atoms with Gasteiger partial charge in [-0.15, -0.1) is 0 Å². The van der Waals surface area contributed by atoms with Gasteiger partial charge in [-0.3, -0.25) is 24.6 Å². The Bertz CT molecular complexity index is 1180. The lowest BCUT2D eigenvalue weighted by Gasteiger charge is -2.46. The predicted molar refractivity (Wildman–Crippen MR) is 138 cm³/mol. The van der Waals surface area contributed by atoms with Gasteiger partial charge in [0.1, 0.15) is 12.1 Å². The minimum Gasteiger partial charge on any atom is -0.345 e. The molecular formula is C28H34FN5O3. The van der Waals surface area contributed by atoms with Crippen LogP contribution >= 0.6 is 0 Å². The molecule has 0 aromatic heterocycles. The van der Waals surface area contributed by atoms with Crippen LogP contribution in [0.4, 0.5) is 4.39 Å². The van der Waals surface area contributed by atoms with Crippen molar-refractivity contribution in [3.8, 4) is 11.1 Å². The van der Waals surface area contributed by atoms with Crippen LogP contribution in [0, 0.1) is 11.7 Å². The minimum atomic E-state index is -0.423. The van der Waals surface area contributed by atoms with Crippen molar-refractivity contribution in [3.05, 3.63) is 59.4 Å². The van der Waals surface area contributed by atoms with E-state index < -0.39 is 5.82 Å². The molecule has 2 aliphatic heterocycles. The van der Waals surface area contributed by atoms with Crippen molar-refractivity contribution >= 4 is 17.7 Å². The number of halogens is 1. The second-order valence-electron chi connectivity index (χ2n) is 10.4. The molecular weight excluding hydrogens is 473 g/mol. The molecule has 0 bridgehead atoms. The van der Waals surface area contributed by atoms with Gasteiger partial charge < -0.3 is 15.1 Å². The Balaban J connectivity index is 1.23. The van der Waals surface area contributed by atoms with Crippen molar-refractivity contribution in [1.82, 2.24) is 25.3 Å². The zero-order valence-electron chi connectivity index (χ0n) is 21.4. The number of hydrogen-bond donors (Lipinski definition) is 2. The van der Waals surface area contributed by atoms with Crippen LogP contribution in [0.25, 0.3) is 11.1 Å². The topological polar surface area (TPSA) is 85.0 Å². The summed E-state index contributed by atoms with van der Waals surface area (Å²) in [5.41, 5.74) is 1.87. The van der Waals surface area contributed by atoms with Crippen molar-refractivity contribution in [1.29, 1.82) is 0 Å². The number of carbonyl (C=O) groups is 3. The first-order chi connectivity index (χ1) is 17.8. The number of carbonyl (C=O) groups excluding carboxylic acids is 3. The zero-order valence-corrected chi connectivity index (χ0v) is 21.4. The Kier molecular flexibility index (Phi) is 7.26. The fourth-order valence-electron chi connectivity index (χ4n) is 5.62. The van der Waals surface area contributed by atoms with Crippen LogP contribution in [0.5, 0.6) is 0 Å². The van der Waals surface area contributed by atoms with Crippen LogP contribution in [0.3, 0.4) is 0 Å². The molecule has 1 saturated carbocycles. The molecule has 5 rings (SSSR count). The summed E-state index contributed by atoms with van der Waals surface area (Å²) in [6, 6.07) is 11.4. The maximum atomic E-state index is 14.7. The number of rotatable bonds is 4. The lowest BCUT2D eigenvalue weighted by molar-refractivity contribution is -0.134. The van der Waals surface area contributed by atoms with Gasteiger partial charge in [0, 0.05) is 63.0 Å². The minimum absolute atomic E-state index is 0.0604. The molecule has 196 valence electrons. The fraction of sp³-hybridized carbons (Fsp3) is 0.464. The van der Waals surface area contributed by atoms with Crippen molar-refractivity contribution in [2.45, 2.75) is 38.0 Å². The molecule has 2 heterocycles. The number of amides is 3. The SMILES string of the molecule is CN(C)C(=O)c1ccc(-c2cc(C(=O)N3CCN(C4NC(=O)C5CCCCC5N4)CC3)ccc2F)cc1. The number of nitrogens with one attached hydrogen (secondary N) is 2. The van der Waals surface area contributed by atoms with Gasteiger partial charge in [-0.2, -0.15) is 0 Å². The number of piperazine rings is 1. The van der Waals surface area contributed by atoms with Gasteiger partial charge in [0.05, 0.1) is 5.92 Å². The smallest absolute Gasteiger partial charge is 0.253 e. The highest BCUT2D eigenvalue weighted by atomic mass is 19.1. The second kappa shape index (κ2) is 10.6. The Morgan fingerprint density at radius 1 is 0.946 bits per heavy atom. The van der Waals surface area contributed by atoms with E-state index in [2.05, 4.69) is 15.5 Å². The quantitative estimate of drug-likeness (QED) is 0.665. The Hall–Kier alpha value is -3.30. The maximum absolute atomic E-state index is 14.7. The van der Waals surface area contributed by atoms with E-state index in [1.807, 2.05) is 0 Å². The molecule has 1 aliphatic carbocycles. The van der Waals surface area contributed by atoms with Crippen LogP contribution in [0.2, 0.25) is 0 Å². The number of nitrogens with zero attached hydrogens (tertiary/aromatic N) is 3. The highest BCUT2D eigenvalue weighted by Crippen LogP contribution is 2.28. The standard InChI is InChI=1S/C28H34FN5O3/c1-32(2)26(36)19-9-7-18(8-10-19)22-17-20(11-12-23(22)29)27(37)33-13-15-34(16-14-33)28-30-24-6-4-3-5-21(24)25(35)31-28/h7-12,17,21,24,28,30H,3-6,13-16H2,1-2H3,(H,31,35). The lowest BCUT2D eigenvalue weighted by atomic mass is 9.82. The molecule has 0 spiro atoms. The number of fused-ring (bicyclic) bond motifs is 1. The second-order valence-corrected chi connectivity index (χ2v) is 10.4. The van der Waals surface area contributed by atoms with Crippen LogP contribution in [-0.4, -0.2) is 85.0 Å². The highest BCUT2D eigenvalue weighted by molar-refractivity contribution is 5.96. The lowest BCUT2D eigenvalue weighted by Crippen LogP contribution is -2.69. The van der Waals surface area contributed by atoms with Crippen molar-refractivity contribution in [2.75, 3.05) is 40.3 Å². The van der Waals surface area contributed by atoms with Gasteiger partial charge in [0.2, 0.25) is 5.91 Å². The molecule has 2 saturated heterocycles. The molecule has 3 fully saturated rings. The Morgan fingerprint density at radius 2 is 1.62 bits per heavy atom. The monoisotopic (exact) mass is 507 g/mol. The predicted octanol–water partition coefficient (Wildman–Crippen LogP) is 2.51. The third-order valence-corrected chi connectivity index (χ3v) is 7.78. The summed E-state index contributed by atoms with van der Waals surface area (Å²) in [6.07, 6.45) is 4.01. The van der Waals surface area contributed by atoms with Crippen molar-refractivity contribution < 1.29 is 18.8 Å². The van der Waals surface area contributed by atoms with E-state index in [9.17, 15) is 18.8 Å². The maximum Gasteiger partial charge on any atom is 0.253 e. The molecule has 8 nitrogen and oxygen atoms in total. The van der Waals surface area contributed by atoms with E-state index in [0.29, 0.717) is 48.4 Å². The van der Waals surface area contributed by atoms with Crippen molar-refractivity contribution in [2.24, 2.45) is 5.92 Å². The summed E-state index contributed by atoms with van der Waals surface area (Å²) in [5.74, 6) is -0.506. The molecule has 3 amide bonds. The molecule has 2 N–H and O–H groups in total. The summed E-state index contributed by atoms with van der Waals surface area (Å²) in [4.78, 5) is 43.5. The fourth-order valence-corrected chi connectivity index (χ4v) is 5.62. The largest absolute Gasteiger partial charge is 0.345 e. The van der Waals surface area contributed by atoms with Gasteiger partial charge in [-0.25, -0.2) is 4.39 Å². The first-order valence-corrected chi connectivity index (χ1v) is 13.0.